The predicted octanol–water partition coefficient (Wildman–Crippen LogP) is 1.32. The fraction of sp³-hybridized carbons (Fsp3) is 0.444. The molecule has 0 saturated carbocycles. The minimum Gasteiger partial charge on any atom is -0.457 e. The average molecular weight is 198 g/mol. The van der Waals surface area contributed by atoms with Crippen LogP contribution in [0.1, 0.15) is 31.3 Å². The number of rotatable bonds is 2. The molecule has 78 valence electrons. The van der Waals surface area contributed by atoms with Gasteiger partial charge < -0.3 is 10.2 Å². The number of nitrogens with one attached hydrogen (secondary N) is 1. The molecule has 1 rings (SSSR count). The number of carbonyl (C=O) groups is 1. The van der Waals surface area contributed by atoms with Gasteiger partial charge >= 0.3 is 5.91 Å². The van der Waals surface area contributed by atoms with Crippen molar-refractivity contribution in [1.82, 2.24) is 5.48 Å². The van der Waals surface area contributed by atoms with Crippen LogP contribution in [0, 0.1) is 0 Å². The summed E-state index contributed by atoms with van der Waals surface area (Å²) in [6, 6.07) is 1.51. The first-order valence-electron chi connectivity index (χ1n) is 4.21. The number of anilines is 1. The summed E-state index contributed by atoms with van der Waals surface area (Å²) in [5.74, 6) is -0.420. The van der Waals surface area contributed by atoms with Crippen molar-refractivity contribution in [2.24, 2.45) is 0 Å². The Balaban J connectivity index is 2.56. The van der Waals surface area contributed by atoms with Gasteiger partial charge in [0.15, 0.2) is 0 Å². The van der Waals surface area contributed by atoms with Gasteiger partial charge in [-0.3, -0.25) is 9.63 Å². The normalized spacial score (nSPS) is 11.4. The summed E-state index contributed by atoms with van der Waals surface area (Å²) >= 11 is 0. The second kappa shape index (κ2) is 3.71. The number of carbonyl (C=O) groups excluding carboxylic acids is 1. The van der Waals surface area contributed by atoms with Crippen LogP contribution in [0.2, 0.25) is 0 Å². The number of furan rings is 1. The van der Waals surface area contributed by atoms with Crippen molar-refractivity contribution in [1.29, 1.82) is 0 Å². The number of amides is 1. The van der Waals surface area contributed by atoms with Gasteiger partial charge in [-0.2, -0.15) is 0 Å². The zero-order valence-corrected chi connectivity index (χ0v) is 8.46. The van der Waals surface area contributed by atoms with E-state index in [9.17, 15) is 4.79 Å². The molecule has 3 N–H and O–H groups in total. The van der Waals surface area contributed by atoms with Crippen LogP contribution in [0.4, 0.5) is 5.69 Å². The molecule has 0 fully saturated rings. The molecule has 14 heavy (non-hydrogen) atoms. The summed E-state index contributed by atoms with van der Waals surface area (Å²) in [7, 11) is 0. The Kier molecular flexibility index (Phi) is 2.81. The molecule has 0 aliphatic heterocycles. The lowest BCUT2D eigenvalue weighted by Gasteiger charge is -2.18. The van der Waals surface area contributed by atoms with Gasteiger partial charge in [-0.1, -0.05) is 0 Å². The molecule has 0 bridgehead atoms. The third-order valence-corrected chi connectivity index (χ3v) is 1.35. The number of hydrogen-bond acceptors (Lipinski definition) is 4. The molecule has 0 aliphatic carbocycles. The summed E-state index contributed by atoms with van der Waals surface area (Å²) in [5, 5.41) is 0. The molecule has 0 radical (unpaired) electrons. The summed E-state index contributed by atoms with van der Waals surface area (Å²) in [6.07, 6.45) is 1.35. The van der Waals surface area contributed by atoms with Crippen molar-refractivity contribution in [2.45, 2.75) is 26.4 Å². The first kappa shape index (κ1) is 10.6. The Morgan fingerprint density at radius 2 is 2.21 bits per heavy atom. The van der Waals surface area contributed by atoms with E-state index in [1.54, 1.807) is 0 Å². The molecule has 5 nitrogen and oxygen atoms in total. The fourth-order valence-corrected chi connectivity index (χ4v) is 0.749. The van der Waals surface area contributed by atoms with E-state index in [1.165, 1.54) is 12.3 Å². The van der Waals surface area contributed by atoms with Crippen LogP contribution in [0.3, 0.4) is 0 Å². The number of nitrogens with two attached hydrogens (primary N) is 1. The lowest BCUT2D eigenvalue weighted by Crippen LogP contribution is -2.33. The SMILES string of the molecule is CC(C)(C)ONC(=O)c1occc1N. The molecule has 5 heteroatoms. The highest BCUT2D eigenvalue weighted by molar-refractivity contribution is 5.95. The second-order valence-corrected chi connectivity index (χ2v) is 3.85. The lowest BCUT2D eigenvalue weighted by molar-refractivity contribution is -0.0598. The van der Waals surface area contributed by atoms with Gasteiger partial charge in [-0.15, -0.1) is 0 Å². The third kappa shape index (κ3) is 2.77. The van der Waals surface area contributed by atoms with Gasteiger partial charge in [0.2, 0.25) is 5.76 Å². The fourth-order valence-electron chi connectivity index (χ4n) is 0.749. The monoisotopic (exact) mass is 198 g/mol. The van der Waals surface area contributed by atoms with E-state index in [2.05, 4.69) is 5.48 Å². The Morgan fingerprint density at radius 1 is 1.57 bits per heavy atom. The van der Waals surface area contributed by atoms with Gasteiger partial charge in [-0.25, -0.2) is 5.48 Å². The van der Waals surface area contributed by atoms with E-state index in [1.807, 2.05) is 20.8 Å². The topological polar surface area (TPSA) is 77.5 Å². The van der Waals surface area contributed by atoms with Crippen molar-refractivity contribution in [3.63, 3.8) is 0 Å². The molecule has 1 aromatic heterocycles. The van der Waals surface area contributed by atoms with Crippen LogP contribution in [-0.4, -0.2) is 11.5 Å². The standard InChI is InChI=1S/C9H14N2O3/c1-9(2,3)14-11-8(12)7-6(10)4-5-13-7/h4-5H,10H2,1-3H3,(H,11,12). The summed E-state index contributed by atoms with van der Waals surface area (Å²) in [6.45, 7) is 5.45. The van der Waals surface area contributed by atoms with E-state index in [0.29, 0.717) is 5.69 Å². The smallest absolute Gasteiger partial charge is 0.312 e. The van der Waals surface area contributed by atoms with Gasteiger partial charge in [0.05, 0.1) is 17.6 Å². The maximum atomic E-state index is 11.4. The summed E-state index contributed by atoms with van der Waals surface area (Å²) < 4.78 is 4.87. The van der Waals surface area contributed by atoms with Crippen molar-refractivity contribution >= 4 is 11.6 Å². The predicted molar refractivity (Wildman–Crippen MR) is 51.4 cm³/mol. The minimum atomic E-state index is -0.484. The van der Waals surface area contributed by atoms with E-state index in [0.717, 1.165) is 0 Å². The van der Waals surface area contributed by atoms with Gasteiger partial charge in [-0.05, 0) is 20.8 Å². The maximum absolute atomic E-state index is 11.4. The van der Waals surface area contributed by atoms with Gasteiger partial charge in [0.1, 0.15) is 0 Å². The van der Waals surface area contributed by atoms with Crippen LogP contribution >= 0.6 is 0 Å². The number of nitrogen functional groups attached to an aromatic ring is 1. The second-order valence-electron chi connectivity index (χ2n) is 3.85. The molecule has 1 heterocycles. The molecule has 0 saturated heterocycles. The lowest BCUT2D eigenvalue weighted by atomic mass is 10.2. The first-order valence-corrected chi connectivity index (χ1v) is 4.21. The van der Waals surface area contributed by atoms with Crippen molar-refractivity contribution in [2.75, 3.05) is 5.73 Å². The Morgan fingerprint density at radius 3 is 2.64 bits per heavy atom. The molecular formula is C9H14N2O3. The maximum Gasteiger partial charge on any atom is 0.312 e. The molecule has 0 atom stereocenters. The highest BCUT2D eigenvalue weighted by Crippen LogP contribution is 2.12. The Labute approximate surface area is 82.2 Å². The highest BCUT2D eigenvalue weighted by atomic mass is 16.7. The van der Waals surface area contributed by atoms with Crippen LogP contribution in [-0.2, 0) is 4.84 Å². The quantitative estimate of drug-likeness (QED) is 0.702. The zero-order chi connectivity index (χ0) is 10.8. The molecule has 0 aliphatic rings. The molecule has 1 aromatic rings. The Hall–Kier alpha value is -1.49. The van der Waals surface area contributed by atoms with E-state index in [-0.39, 0.29) is 5.76 Å². The average Bonchev–Trinajstić information content (AvgIpc) is 2.46. The van der Waals surface area contributed by atoms with Crippen molar-refractivity contribution in [3.8, 4) is 0 Å². The molecular weight excluding hydrogens is 184 g/mol. The van der Waals surface area contributed by atoms with E-state index < -0.39 is 11.5 Å². The van der Waals surface area contributed by atoms with Crippen LogP contribution in [0.5, 0.6) is 0 Å². The minimum absolute atomic E-state index is 0.0641. The van der Waals surface area contributed by atoms with Crippen molar-refractivity contribution in [3.05, 3.63) is 18.1 Å². The largest absolute Gasteiger partial charge is 0.457 e. The number of hydroxylamine groups is 1. The third-order valence-electron chi connectivity index (χ3n) is 1.35. The van der Waals surface area contributed by atoms with Crippen LogP contribution < -0.4 is 11.2 Å². The van der Waals surface area contributed by atoms with Crippen LogP contribution in [0.15, 0.2) is 16.7 Å². The molecule has 0 spiro atoms. The van der Waals surface area contributed by atoms with E-state index >= 15 is 0 Å². The molecule has 0 unspecified atom stereocenters. The van der Waals surface area contributed by atoms with Gasteiger partial charge in [0.25, 0.3) is 0 Å². The zero-order valence-electron chi connectivity index (χ0n) is 8.46. The first-order chi connectivity index (χ1) is 6.40. The molecule has 1 amide bonds. The highest BCUT2D eigenvalue weighted by Gasteiger charge is 2.17. The van der Waals surface area contributed by atoms with Gasteiger partial charge in [0, 0.05) is 6.07 Å². The van der Waals surface area contributed by atoms with E-state index in [4.69, 9.17) is 15.0 Å². The van der Waals surface area contributed by atoms with Crippen LogP contribution in [0.25, 0.3) is 0 Å². The summed E-state index contributed by atoms with van der Waals surface area (Å²) in [4.78, 5) is 16.4. The van der Waals surface area contributed by atoms with Crippen molar-refractivity contribution < 1.29 is 14.0 Å². The number of hydrogen-bond donors (Lipinski definition) is 2. The summed E-state index contributed by atoms with van der Waals surface area (Å²) in [5.41, 5.74) is 7.57. The molecule has 0 aromatic carbocycles. The Bertz CT molecular complexity index is 325.